The molecular formula is C18H21ClN2OS. The molecule has 0 saturated carbocycles. The van der Waals surface area contributed by atoms with Crippen LogP contribution >= 0.6 is 24.2 Å². The fourth-order valence-electron chi connectivity index (χ4n) is 2.85. The first-order valence-electron chi connectivity index (χ1n) is 7.53. The molecular weight excluding hydrogens is 328 g/mol. The highest BCUT2D eigenvalue weighted by Gasteiger charge is 2.23. The Kier molecular flexibility index (Phi) is 5.97. The first-order valence-corrected chi connectivity index (χ1v) is 8.51. The summed E-state index contributed by atoms with van der Waals surface area (Å²) >= 11 is 1.61. The van der Waals surface area contributed by atoms with Gasteiger partial charge in [-0.1, -0.05) is 24.3 Å². The van der Waals surface area contributed by atoms with Gasteiger partial charge in [-0.3, -0.25) is 4.79 Å². The maximum Gasteiger partial charge on any atom is 0.237 e. The van der Waals surface area contributed by atoms with Gasteiger partial charge in [-0.25, -0.2) is 0 Å². The lowest BCUT2D eigenvalue weighted by Crippen LogP contribution is -2.36. The number of hydrogen-bond acceptors (Lipinski definition) is 3. The smallest absolute Gasteiger partial charge is 0.237 e. The number of fused-ring (bicyclic) bond motifs is 1. The second kappa shape index (κ2) is 7.75. The summed E-state index contributed by atoms with van der Waals surface area (Å²) in [6, 6.07) is 14.0. The second-order valence-electron chi connectivity index (χ2n) is 5.55. The Bertz CT molecular complexity index is 705. The number of benzene rings is 2. The van der Waals surface area contributed by atoms with Crippen LogP contribution in [-0.2, 0) is 11.2 Å². The highest BCUT2D eigenvalue weighted by Crippen LogP contribution is 2.32. The molecule has 2 N–H and O–H groups in total. The van der Waals surface area contributed by atoms with E-state index >= 15 is 0 Å². The van der Waals surface area contributed by atoms with E-state index in [0.717, 1.165) is 36.3 Å². The Hall–Kier alpha value is -1.65. The molecule has 3 rings (SSSR count). The predicted molar refractivity (Wildman–Crippen MR) is 101 cm³/mol. The van der Waals surface area contributed by atoms with E-state index in [1.165, 1.54) is 10.5 Å². The van der Waals surface area contributed by atoms with Crippen LogP contribution in [0.2, 0.25) is 0 Å². The molecule has 122 valence electrons. The SMILES string of the molecule is Cc1ccccc1SCC(=O)N1CCCc2c(N)cccc21.Cl. The largest absolute Gasteiger partial charge is 0.398 e. The van der Waals surface area contributed by atoms with Crippen LogP contribution in [0.25, 0.3) is 0 Å². The van der Waals surface area contributed by atoms with Crippen LogP contribution < -0.4 is 10.6 Å². The summed E-state index contributed by atoms with van der Waals surface area (Å²) in [7, 11) is 0. The van der Waals surface area contributed by atoms with Gasteiger partial charge in [0.05, 0.1) is 5.75 Å². The molecule has 0 aliphatic carbocycles. The highest BCUT2D eigenvalue weighted by molar-refractivity contribution is 8.00. The average Bonchev–Trinajstić information content (AvgIpc) is 2.54. The van der Waals surface area contributed by atoms with Crippen molar-refractivity contribution >= 4 is 41.5 Å². The van der Waals surface area contributed by atoms with E-state index in [0.29, 0.717) is 5.75 Å². The zero-order valence-electron chi connectivity index (χ0n) is 13.1. The van der Waals surface area contributed by atoms with Gasteiger partial charge >= 0.3 is 0 Å². The molecule has 3 nitrogen and oxygen atoms in total. The average molecular weight is 349 g/mol. The molecule has 0 aromatic heterocycles. The lowest BCUT2D eigenvalue weighted by Gasteiger charge is -2.30. The number of nitrogens with two attached hydrogens (primary N) is 1. The van der Waals surface area contributed by atoms with Gasteiger partial charge in [-0.2, -0.15) is 0 Å². The molecule has 1 amide bonds. The molecule has 2 aromatic carbocycles. The van der Waals surface area contributed by atoms with E-state index in [2.05, 4.69) is 19.1 Å². The predicted octanol–water partition coefficient (Wildman–Crippen LogP) is 4.07. The van der Waals surface area contributed by atoms with Crippen molar-refractivity contribution in [2.45, 2.75) is 24.7 Å². The van der Waals surface area contributed by atoms with Gasteiger partial charge in [0.15, 0.2) is 0 Å². The van der Waals surface area contributed by atoms with E-state index in [1.807, 2.05) is 35.2 Å². The lowest BCUT2D eigenvalue weighted by molar-refractivity contribution is -0.116. The van der Waals surface area contributed by atoms with Gasteiger partial charge in [0.1, 0.15) is 0 Å². The van der Waals surface area contributed by atoms with Gasteiger partial charge in [0.25, 0.3) is 0 Å². The van der Waals surface area contributed by atoms with E-state index < -0.39 is 0 Å². The number of halogens is 1. The molecule has 0 atom stereocenters. The molecule has 0 saturated heterocycles. The summed E-state index contributed by atoms with van der Waals surface area (Å²) in [4.78, 5) is 15.7. The zero-order valence-corrected chi connectivity index (χ0v) is 14.8. The number of thioether (sulfide) groups is 1. The Morgan fingerprint density at radius 1 is 1.22 bits per heavy atom. The van der Waals surface area contributed by atoms with Gasteiger partial charge in [0, 0.05) is 22.8 Å². The Morgan fingerprint density at radius 3 is 2.78 bits per heavy atom. The third-order valence-electron chi connectivity index (χ3n) is 4.03. The number of carbonyl (C=O) groups is 1. The number of anilines is 2. The van der Waals surface area contributed by atoms with Gasteiger partial charge in [-0.15, -0.1) is 24.2 Å². The number of amides is 1. The molecule has 0 fully saturated rings. The van der Waals surface area contributed by atoms with Crippen LogP contribution in [0.15, 0.2) is 47.4 Å². The van der Waals surface area contributed by atoms with Crippen LogP contribution in [0.3, 0.4) is 0 Å². The Balaban J connectivity index is 0.00000192. The summed E-state index contributed by atoms with van der Waals surface area (Å²) in [5.41, 5.74) is 10.2. The summed E-state index contributed by atoms with van der Waals surface area (Å²) in [6.45, 7) is 2.85. The quantitative estimate of drug-likeness (QED) is 0.671. The third-order valence-corrected chi connectivity index (χ3v) is 5.19. The van der Waals surface area contributed by atoms with Crippen LogP contribution in [0.1, 0.15) is 17.5 Å². The summed E-state index contributed by atoms with van der Waals surface area (Å²) in [5, 5.41) is 0. The molecule has 0 radical (unpaired) electrons. The fraction of sp³-hybridized carbons (Fsp3) is 0.278. The van der Waals surface area contributed by atoms with Crippen LogP contribution in [0.5, 0.6) is 0 Å². The van der Waals surface area contributed by atoms with E-state index in [1.54, 1.807) is 11.8 Å². The maximum absolute atomic E-state index is 12.6. The van der Waals surface area contributed by atoms with E-state index in [9.17, 15) is 4.79 Å². The molecule has 0 bridgehead atoms. The maximum atomic E-state index is 12.6. The monoisotopic (exact) mass is 348 g/mol. The number of nitrogens with zero attached hydrogens (tertiary/aromatic N) is 1. The Morgan fingerprint density at radius 2 is 2.00 bits per heavy atom. The molecule has 1 aliphatic rings. The summed E-state index contributed by atoms with van der Waals surface area (Å²) in [6.07, 6.45) is 1.93. The standard InChI is InChI=1S/C18H20N2OS.ClH/c1-13-6-2-3-10-17(13)22-12-18(21)20-11-5-7-14-15(19)8-4-9-16(14)20;/h2-4,6,8-10H,5,7,11-12,19H2,1H3;1H. The number of nitrogen functional groups attached to an aromatic ring is 1. The first-order chi connectivity index (χ1) is 10.7. The zero-order chi connectivity index (χ0) is 15.5. The number of carbonyl (C=O) groups excluding carboxylic acids is 1. The van der Waals surface area contributed by atoms with Crippen LogP contribution in [0, 0.1) is 6.92 Å². The minimum atomic E-state index is 0. The van der Waals surface area contributed by atoms with Crippen molar-refractivity contribution in [2.24, 2.45) is 0 Å². The minimum absolute atomic E-state index is 0. The normalized spacial score (nSPS) is 13.2. The number of rotatable bonds is 3. The van der Waals surface area contributed by atoms with E-state index in [-0.39, 0.29) is 18.3 Å². The second-order valence-corrected chi connectivity index (χ2v) is 6.57. The van der Waals surface area contributed by atoms with Crippen molar-refractivity contribution in [1.82, 2.24) is 0 Å². The number of hydrogen-bond donors (Lipinski definition) is 1. The highest BCUT2D eigenvalue weighted by atomic mass is 35.5. The summed E-state index contributed by atoms with van der Waals surface area (Å²) < 4.78 is 0. The van der Waals surface area contributed by atoms with Gasteiger partial charge in [-0.05, 0) is 49.1 Å². The van der Waals surface area contributed by atoms with Crippen molar-refractivity contribution in [1.29, 1.82) is 0 Å². The molecule has 23 heavy (non-hydrogen) atoms. The molecule has 2 aromatic rings. The van der Waals surface area contributed by atoms with Crippen molar-refractivity contribution in [2.75, 3.05) is 22.9 Å². The topological polar surface area (TPSA) is 46.3 Å². The molecule has 0 unspecified atom stereocenters. The van der Waals surface area contributed by atoms with Crippen molar-refractivity contribution in [3.63, 3.8) is 0 Å². The first kappa shape index (κ1) is 17.7. The third kappa shape index (κ3) is 3.82. The molecule has 1 aliphatic heterocycles. The van der Waals surface area contributed by atoms with Crippen molar-refractivity contribution in [3.05, 3.63) is 53.6 Å². The summed E-state index contributed by atoms with van der Waals surface area (Å²) in [5.74, 6) is 0.610. The van der Waals surface area contributed by atoms with Gasteiger partial charge < -0.3 is 10.6 Å². The Labute approximate surface area is 147 Å². The molecule has 5 heteroatoms. The lowest BCUT2D eigenvalue weighted by atomic mass is 10.00. The minimum Gasteiger partial charge on any atom is -0.398 e. The van der Waals surface area contributed by atoms with Crippen LogP contribution in [0.4, 0.5) is 11.4 Å². The van der Waals surface area contributed by atoms with Crippen molar-refractivity contribution < 1.29 is 4.79 Å². The van der Waals surface area contributed by atoms with Crippen molar-refractivity contribution in [3.8, 4) is 0 Å². The molecule has 0 spiro atoms. The van der Waals surface area contributed by atoms with Crippen LogP contribution in [-0.4, -0.2) is 18.2 Å². The fourth-order valence-corrected chi connectivity index (χ4v) is 3.75. The number of aryl methyl sites for hydroxylation is 1. The van der Waals surface area contributed by atoms with E-state index in [4.69, 9.17) is 5.73 Å². The molecule has 1 heterocycles. The van der Waals surface area contributed by atoms with Gasteiger partial charge in [0.2, 0.25) is 5.91 Å².